The van der Waals surface area contributed by atoms with Gasteiger partial charge >= 0.3 is 5.97 Å². The standard InChI is InChI=1S/C18H18N2O5/c1-13-6-8-15(9-7-13)19-17(21)10-11-18(22)25-12-14-4-2-3-5-16(14)20(23)24/h2-9H,10-12H2,1H3,(H,19,21). The number of carbonyl (C=O) groups excluding carboxylic acids is 2. The molecule has 0 saturated carbocycles. The van der Waals surface area contributed by atoms with E-state index in [1.54, 1.807) is 24.3 Å². The summed E-state index contributed by atoms with van der Waals surface area (Å²) in [5.74, 6) is -0.885. The van der Waals surface area contributed by atoms with Crippen LogP contribution < -0.4 is 5.32 Å². The molecular formula is C18H18N2O5. The Hall–Kier alpha value is -3.22. The number of amides is 1. The van der Waals surface area contributed by atoms with Crippen molar-refractivity contribution in [3.8, 4) is 0 Å². The maximum Gasteiger partial charge on any atom is 0.306 e. The monoisotopic (exact) mass is 342 g/mol. The Labute approximate surface area is 144 Å². The van der Waals surface area contributed by atoms with Gasteiger partial charge in [-0.2, -0.15) is 0 Å². The Morgan fingerprint density at radius 1 is 1.08 bits per heavy atom. The first-order valence-electron chi connectivity index (χ1n) is 7.70. The summed E-state index contributed by atoms with van der Waals surface area (Å²) in [6.07, 6.45) is -0.123. The van der Waals surface area contributed by atoms with Crippen LogP contribution in [0.3, 0.4) is 0 Å². The summed E-state index contributed by atoms with van der Waals surface area (Å²) >= 11 is 0. The van der Waals surface area contributed by atoms with Crippen LogP contribution >= 0.6 is 0 Å². The average Bonchev–Trinajstić information content (AvgIpc) is 2.60. The zero-order valence-electron chi connectivity index (χ0n) is 13.7. The molecule has 0 aliphatic heterocycles. The molecular weight excluding hydrogens is 324 g/mol. The minimum atomic E-state index is -0.586. The van der Waals surface area contributed by atoms with Gasteiger partial charge in [0.15, 0.2) is 0 Å². The van der Waals surface area contributed by atoms with E-state index in [1.165, 1.54) is 12.1 Å². The molecule has 0 aliphatic carbocycles. The lowest BCUT2D eigenvalue weighted by molar-refractivity contribution is -0.385. The topological polar surface area (TPSA) is 98.5 Å². The number of aryl methyl sites for hydroxylation is 1. The van der Waals surface area contributed by atoms with Crippen LogP contribution in [-0.4, -0.2) is 16.8 Å². The summed E-state index contributed by atoms with van der Waals surface area (Å²) in [4.78, 5) is 33.9. The molecule has 7 heteroatoms. The maximum absolute atomic E-state index is 11.8. The van der Waals surface area contributed by atoms with E-state index in [0.29, 0.717) is 11.3 Å². The summed E-state index contributed by atoms with van der Waals surface area (Å²) in [5, 5.41) is 13.6. The van der Waals surface area contributed by atoms with E-state index in [4.69, 9.17) is 4.74 Å². The Bertz CT molecular complexity index is 771. The van der Waals surface area contributed by atoms with Crippen LogP contribution in [0.2, 0.25) is 0 Å². The quantitative estimate of drug-likeness (QED) is 0.472. The number of nitro groups is 1. The number of benzene rings is 2. The first kappa shape index (κ1) is 18.1. The molecule has 0 spiro atoms. The zero-order valence-corrected chi connectivity index (χ0v) is 13.7. The van der Waals surface area contributed by atoms with Crippen LogP contribution in [0.5, 0.6) is 0 Å². The Morgan fingerprint density at radius 2 is 1.76 bits per heavy atom. The smallest absolute Gasteiger partial charge is 0.306 e. The van der Waals surface area contributed by atoms with E-state index < -0.39 is 10.9 Å². The second kappa shape index (κ2) is 8.58. The van der Waals surface area contributed by atoms with Gasteiger partial charge in [0.2, 0.25) is 5.91 Å². The molecule has 0 bridgehead atoms. The van der Waals surface area contributed by atoms with Gasteiger partial charge in [-0.05, 0) is 25.1 Å². The minimum Gasteiger partial charge on any atom is -0.461 e. The molecule has 0 saturated heterocycles. The van der Waals surface area contributed by atoms with Gasteiger partial charge in [0.25, 0.3) is 5.69 Å². The van der Waals surface area contributed by atoms with E-state index in [-0.39, 0.29) is 31.0 Å². The molecule has 130 valence electrons. The second-order valence-corrected chi connectivity index (χ2v) is 5.46. The van der Waals surface area contributed by atoms with Gasteiger partial charge in [-0.3, -0.25) is 19.7 Å². The highest BCUT2D eigenvalue weighted by atomic mass is 16.6. The molecule has 1 amide bonds. The van der Waals surface area contributed by atoms with Crippen LogP contribution in [0.15, 0.2) is 48.5 Å². The number of hydrogen-bond donors (Lipinski definition) is 1. The van der Waals surface area contributed by atoms with Crippen molar-refractivity contribution in [3.63, 3.8) is 0 Å². The van der Waals surface area contributed by atoms with Crippen LogP contribution in [-0.2, 0) is 20.9 Å². The Kier molecular flexibility index (Phi) is 6.22. The molecule has 0 atom stereocenters. The third-order valence-corrected chi connectivity index (χ3v) is 3.47. The van der Waals surface area contributed by atoms with Crippen molar-refractivity contribution in [3.05, 3.63) is 69.8 Å². The molecule has 2 aromatic carbocycles. The number of para-hydroxylation sites is 1. The molecule has 7 nitrogen and oxygen atoms in total. The molecule has 0 aliphatic rings. The van der Waals surface area contributed by atoms with Gasteiger partial charge in [0, 0.05) is 18.2 Å². The lowest BCUT2D eigenvalue weighted by Crippen LogP contribution is -2.14. The van der Waals surface area contributed by atoms with Crippen molar-refractivity contribution in [2.45, 2.75) is 26.4 Å². The molecule has 0 heterocycles. The summed E-state index contributed by atoms with van der Waals surface area (Å²) < 4.78 is 5.01. The predicted octanol–water partition coefficient (Wildman–Crippen LogP) is 3.37. The Balaban J connectivity index is 1.78. The van der Waals surface area contributed by atoms with Crippen molar-refractivity contribution in [1.82, 2.24) is 0 Å². The van der Waals surface area contributed by atoms with Crippen molar-refractivity contribution >= 4 is 23.3 Å². The van der Waals surface area contributed by atoms with Crippen molar-refractivity contribution < 1.29 is 19.2 Å². The zero-order chi connectivity index (χ0) is 18.2. The van der Waals surface area contributed by atoms with Crippen LogP contribution in [0.1, 0.15) is 24.0 Å². The lowest BCUT2D eigenvalue weighted by Gasteiger charge is -2.07. The largest absolute Gasteiger partial charge is 0.461 e. The first-order chi connectivity index (χ1) is 12.0. The normalized spacial score (nSPS) is 10.1. The SMILES string of the molecule is Cc1ccc(NC(=O)CCC(=O)OCc2ccccc2[N+](=O)[O-])cc1. The summed E-state index contributed by atoms with van der Waals surface area (Å²) in [6, 6.07) is 13.3. The number of carbonyl (C=O) groups is 2. The van der Waals surface area contributed by atoms with E-state index in [0.717, 1.165) is 5.56 Å². The van der Waals surface area contributed by atoms with Gasteiger partial charge < -0.3 is 10.1 Å². The first-order valence-corrected chi connectivity index (χ1v) is 7.70. The third-order valence-electron chi connectivity index (χ3n) is 3.47. The predicted molar refractivity (Wildman–Crippen MR) is 91.9 cm³/mol. The Morgan fingerprint density at radius 3 is 2.44 bits per heavy atom. The highest BCUT2D eigenvalue weighted by Gasteiger charge is 2.14. The van der Waals surface area contributed by atoms with Crippen molar-refractivity contribution in [2.24, 2.45) is 0 Å². The van der Waals surface area contributed by atoms with Gasteiger partial charge in [-0.25, -0.2) is 0 Å². The molecule has 0 radical (unpaired) electrons. The van der Waals surface area contributed by atoms with Crippen LogP contribution in [0.25, 0.3) is 0 Å². The van der Waals surface area contributed by atoms with E-state index >= 15 is 0 Å². The molecule has 0 fully saturated rings. The number of rotatable bonds is 7. The molecule has 1 N–H and O–H groups in total. The molecule has 25 heavy (non-hydrogen) atoms. The number of nitrogens with zero attached hydrogens (tertiary/aromatic N) is 1. The van der Waals surface area contributed by atoms with Crippen molar-refractivity contribution in [1.29, 1.82) is 0 Å². The van der Waals surface area contributed by atoms with Gasteiger partial charge in [0.1, 0.15) is 6.61 Å². The summed E-state index contributed by atoms with van der Waals surface area (Å²) in [7, 11) is 0. The van der Waals surface area contributed by atoms with Gasteiger partial charge in [-0.1, -0.05) is 29.8 Å². The van der Waals surface area contributed by atoms with E-state index in [1.807, 2.05) is 19.1 Å². The summed E-state index contributed by atoms with van der Waals surface area (Å²) in [5.41, 5.74) is 1.94. The number of esters is 1. The molecule has 2 aromatic rings. The number of anilines is 1. The van der Waals surface area contributed by atoms with Crippen molar-refractivity contribution in [2.75, 3.05) is 5.32 Å². The molecule has 0 aromatic heterocycles. The fourth-order valence-electron chi connectivity index (χ4n) is 2.12. The minimum absolute atomic E-state index is 0.0242. The maximum atomic E-state index is 11.8. The van der Waals surface area contributed by atoms with E-state index in [2.05, 4.69) is 5.32 Å². The van der Waals surface area contributed by atoms with Crippen LogP contribution in [0, 0.1) is 17.0 Å². The second-order valence-electron chi connectivity index (χ2n) is 5.46. The fourth-order valence-corrected chi connectivity index (χ4v) is 2.12. The molecule has 2 rings (SSSR count). The molecule has 0 unspecified atom stereocenters. The number of ether oxygens (including phenoxy) is 1. The number of nitro benzene ring substituents is 1. The highest BCUT2D eigenvalue weighted by Crippen LogP contribution is 2.18. The third kappa shape index (κ3) is 5.72. The van der Waals surface area contributed by atoms with Gasteiger partial charge in [0.05, 0.1) is 16.9 Å². The average molecular weight is 342 g/mol. The number of nitrogens with one attached hydrogen (secondary N) is 1. The van der Waals surface area contributed by atoms with E-state index in [9.17, 15) is 19.7 Å². The van der Waals surface area contributed by atoms with Crippen LogP contribution in [0.4, 0.5) is 11.4 Å². The lowest BCUT2D eigenvalue weighted by atomic mass is 10.2. The summed E-state index contributed by atoms with van der Waals surface area (Å²) in [6.45, 7) is 1.74. The fraction of sp³-hybridized carbons (Fsp3) is 0.222. The number of hydrogen-bond acceptors (Lipinski definition) is 5. The van der Waals surface area contributed by atoms with Gasteiger partial charge in [-0.15, -0.1) is 0 Å². The highest BCUT2D eigenvalue weighted by molar-refractivity contribution is 5.92.